The highest BCUT2D eigenvalue weighted by molar-refractivity contribution is 4.64. The van der Waals surface area contributed by atoms with E-state index in [1.54, 1.807) is 0 Å². The molecule has 1 unspecified atom stereocenters. The molecule has 0 aromatic rings. The molecule has 0 bridgehead atoms. The van der Waals surface area contributed by atoms with Crippen LogP contribution < -0.4 is 17.0 Å². The first-order valence-corrected chi connectivity index (χ1v) is 14.1. The van der Waals surface area contributed by atoms with Crippen LogP contribution in [-0.2, 0) is 0 Å². The number of quaternary nitrogens is 1. The van der Waals surface area contributed by atoms with Crippen molar-refractivity contribution in [1.29, 1.82) is 0 Å². The number of rotatable bonds is 23. The lowest BCUT2D eigenvalue weighted by atomic mass is 9.96. The zero-order valence-corrected chi connectivity index (χ0v) is 23.5. The minimum atomic E-state index is 0. The van der Waals surface area contributed by atoms with Crippen molar-refractivity contribution >= 4 is 0 Å². The Morgan fingerprint density at radius 3 is 1.13 bits per heavy atom. The van der Waals surface area contributed by atoms with Crippen LogP contribution in [0.2, 0.25) is 0 Å². The van der Waals surface area contributed by atoms with Gasteiger partial charge < -0.3 is 21.5 Å². The molecule has 0 saturated carbocycles. The topological polar surface area (TPSA) is 0 Å². The van der Waals surface area contributed by atoms with E-state index in [-0.39, 0.29) is 17.0 Å². The van der Waals surface area contributed by atoms with Gasteiger partial charge in [0.1, 0.15) is 0 Å². The van der Waals surface area contributed by atoms with Crippen molar-refractivity contribution in [2.75, 3.05) is 19.6 Å². The predicted molar refractivity (Wildman–Crippen MR) is 135 cm³/mol. The van der Waals surface area contributed by atoms with E-state index in [2.05, 4.69) is 34.6 Å². The van der Waals surface area contributed by atoms with Gasteiger partial charge in [0.05, 0.1) is 25.7 Å². The Balaban J connectivity index is 0. The van der Waals surface area contributed by atoms with Gasteiger partial charge >= 0.3 is 0 Å². The summed E-state index contributed by atoms with van der Waals surface area (Å²) in [6, 6.07) is 0.929. The quantitative estimate of drug-likeness (QED) is 0.111. The van der Waals surface area contributed by atoms with Crippen LogP contribution in [0, 0.1) is 0 Å². The van der Waals surface area contributed by atoms with Gasteiger partial charge in [0.15, 0.2) is 0 Å². The van der Waals surface area contributed by atoms with Crippen LogP contribution in [0.5, 0.6) is 0 Å². The highest BCUT2D eigenvalue weighted by Gasteiger charge is 2.34. The van der Waals surface area contributed by atoms with E-state index in [1.165, 1.54) is 146 Å². The van der Waals surface area contributed by atoms with Gasteiger partial charge in [-0.05, 0) is 38.5 Å². The summed E-state index contributed by atoms with van der Waals surface area (Å²) < 4.78 is 1.46. The van der Waals surface area contributed by atoms with Gasteiger partial charge in [-0.25, -0.2) is 0 Å². The highest BCUT2D eigenvalue weighted by atomic mass is 79.9. The van der Waals surface area contributed by atoms with Crippen molar-refractivity contribution in [1.82, 2.24) is 0 Å². The van der Waals surface area contributed by atoms with E-state index in [1.807, 2.05) is 0 Å². The standard InChI is InChI=1S/C28H60N.BrH/c1-6-11-15-16-17-18-19-20-21-22-24-28(23-10-5)29(25-12-7-2,26-13-8-3)27-14-9-4;/h28H,6-27H2,1-5H3;1H/q+1;/p-1. The van der Waals surface area contributed by atoms with Gasteiger partial charge in [0.25, 0.3) is 0 Å². The first-order chi connectivity index (χ1) is 14.2. The smallest absolute Gasteiger partial charge is 0.0890 e. The Bertz CT molecular complexity index is 296. The molecule has 0 heterocycles. The second-order valence-corrected chi connectivity index (χ2v) is 9.86. The lowest BCUT2D eigenvalue weighted by Crippen LogP contribution is -3.00. The third kappa shape index (κ3) is 16.1. The van der Waals surface area contributed by atoms with Crippen LogP contribution in [-0.4, -0.2) is 30.2 Å². The van der Waals surface area contributed by atoms with Crippen LogP contribution >= 0.6 is 0 Å². The van der Waals surface area contributed by atoms with E-state index < -0.39 is 0 Å². The fourth-order valence-corrected chi connectivity index (χ4v) is 5.19. The van der Waals surface area contributed by atoms with Crippen molar-refractivity contribution in [3.63, 3.8) is 0 Å². The van der Waals surface area contributed by atoms with Crippen molar-refractivity contribution in [2.45, 2.75) is 163 Å². The Hall–Kier alpha value is 0.440. The first kappa shape index (κ1) is 32.6. The van der Waals surface area contributed by atoms with Gasteiger partial charge in [-0.3, -0.25) is 0 Å². The maximum Gasteiger partial charge on any atom is 0.0890 e. The summed E-state index contributed by atoms with van der Waals surface area (Å²) in [6.45, 7) is 16.2. The second kappa shape index (κ2) is 24.1. The normalized spacial score (nSPS) is 12.7. The molecule has 2 heteroatoms. The molecule has 1 nitrogen and oxygen atoms in total. The molecule has 0 aliphatic rings. The zero-order chi connectivity index (χ0) is 21.6. The molecule has 0 amide bonds. The molecule has 0 aliphatic heterocycles. The van der Waals surface area contributed by atoms with E-state index in [9.17, 15) is 0 Å². The summed E-state index contributed by atoms with van der Waals surface area (Å²) in [5, 5.41) is 0. The number of hydrogen-bond donors (Lipinski definition) is 0. The Morgan fingerprint density at radius 2 is 0.767 bits per heavy atom. The highest BCUT2D eigenvalue weighted by Crippen LogP contribution is 2.27. The molecular formula is C28H60BrN. The molecule has 184 valence electrons. The second-order valence-electron chi connectivity index (χ2n) is 9.86. The fourth-order valence-electron chi connectivity index (χ4n) is 5.19. The summed E-state index contributed by atoms with van der Waals surface area (Å²) in [4.78, 5) is 0. The molecule has 0 N–H and O–H groups in total. The molecule has 1 atom stereocenters. The third-order valence-corrected chi connectivity index (χ3v) is 7.16. The van der Waals surface area contributed by atoms with E-state index in [4.69, 9.17) is 0 Å². The van der Waals surface area contributed by atoms with E-state index >= 15 is 0 Å². The molecule has 0 spiro atoms. The van der Waals surface area contributed by atoms with Crippen molar-refractivity contribution in [3.8, 4) is 0 Å². The van der Waals surface area contributed by atoms with Crippen LogP contribution in [0.4, 0.5) is 0 Å². The maximum absolute atomic E-state index is 2.42. The molecule has 0 radical (unpaired) electrons. The Labute approximate surface area is 203 Å². The van der Waals surface area contributed by atoms with Gasteiger partial charge in [0.2, 0.25) is 0 Å². The maximum atomic E-state index is 2.42. The third-order valence-electron chi connectivity index (χ3n) is 7.16. The zero-order valence-electron chi connectivity index (χ0n) is 22.0. The van der Waals surface area contributed by atoms with Crippen LogP contribution in [0.3, 0.4) is 0 Å². The molecule has 0 fully saturated rings. The summed E-state index contributed by atoms with van der Waals surface area (Å²) in [5.74, 6) is 0. The summed E-state index contributed by atoms with van der Waals surface area (Å²) in [6.07, 6.45) is 27.2. The van der Waals surface area contributed by atoms with Gasteiger partial charge in [0, 0.05) is 0 Å². The number of hydrogen-bond acceptors (Lipinski definition) is 0. The minimum Gasteiger partial charge on any atom is -1.00 e. The van der Waals surface area contributed by atoms with Crippen LogP contribution in [0.1, 0.15) is 157 Å². The van der Waals surface area contributed by atoms with Crippen molar-refractivity contribution < 1.29 is 21.5 Å². The number of unbranched alkanes of at least 4 members (excludes halogenated alkanes) is 12. The molecular weight excluding hydrogens is 430 g/mol. The largest absolute Gasteiger partial charge is 1.00 e. The van der Waals surface area contributed by atoms with Crippen LogP contribution in [0.25, 0.3) is 0 Å². The van der Waals surface area contributed by atoms with E-state index in [0.717, 1.165) is 6.04 Å². The monoisotopic (exact) mass is 489 g/mol. The molecule has 0 aromatic carbocycles. The Kier molecular flexibility index (Phi) is 26.2. The average molecular weight is 491 g/mol. The summed E-state index contributed by atoms with van der Waals surface area (Å²) in [7, 11) is 0. The average Bonchev–Trinajstić information content (AvgIpc) is 2.74. The SMILES string of the molecule is CCCCCCCCCCCCC(CCC)[N+](CCCC)(CCCC)CCCC.[Br-]. The van der Waals surface area contributed by atoms with Crippen molar-refractivity contribution in [2.24, 2.45) is 0 Å². The molecule has 0 aromatic heterocycles. The molecule has 0 aliphatic carbocycles. The number of nitrogens with zero attached hydrogens (tertiary/aromatic N) is 1. The van der Waals surface area contributed by atoms with Gasteiger partial charge in [-0.2, -0.15) is 0 Å². The van der Waals surface area contributed by atoms with Gasteiger partial charge in [-0.15, -0.1) is 0 Å². The minimum absolute atomic E-state index is 0. The molecule has 0 rings (SSSR count). The lowest BCUT2D eigenvalue weighted by Gasteiger charge is -2.46. The fraction of sp³-hybridized carbons (Fsp3) is 1.00. The number of halogens is 1. The van der Waals surface area contributed by atoms with Crippen LogP contribution in [0.15, 0.2) is 0 Å². The predicted octanol–water partition coefficient (Wildman–Crippen LogP) is 6.69. The molecule has 0 saturated heterocycles. The summed E-state index contributed by atoms with van der Waals surface area (Å²) in [5.41, 5.74) is 0. The van der Waals surface area contributed by atoms with Crippen molar-refractivity contribution in [3.05, 3.63) is 0 Å². The lowest BCUT2D eigenvalue weighted by molar-refractivity contribution is -0.952. The summed E-state index contributed by atoms with van der Waals surface area (Å²) >= 11 is 0. The first-order valence-electron chi connectivity index (χ1n) is 14.1. The Morgan fingerprint density at radius 1 is 0.400 bits per heavy atom. The van der Waals surface area contributed by atoms with E-state index in [0.29, 0.717) is 0 Å². The molecule has 30 heavy (non-hydrogen) atoms. The van der Waals surface area contributed by atoms with Gasteiger partial charge in [-0.1, -0.05) is 118 Å².